The minimum atomic E-state index is -1.24. The molecule has 5 rings (SSSR count). The first-order valence-corrected chi connectivity index (χ1v) is 13.8. The molecule has 0 unspecified atom stereocenters. The van der Waals surface area contributed by atoms with Gasteiger partial charge in [0.25, 0.3) is 5.56 Å². The number of halogens is 1. The molecule has 4 N–H and O–H groups in total. The zero-order valence-corrected chi connectivity index (χ0v) is 23.1. The number of hydrogen-bond donors (Lipinski definition) is 3. The van der Waals surface area contributed by atoms with E-state index < -0.39 is 17.3 Å². The Kier molecular flexibility index (Phi) is 8.18. The second-order valence-electron chi connectivity index (χ2n) is 10.6. The van der Waals surface area contributed by atoms with E-state index in [9.17, 15) is 24.6 Å². The van der Waals surface area contributed by atoms with Crippen LogP contribution in [0.4, 0.5) is 10.5 Å². The number of carboxylic acid groups (broad SMARTS) is 1. The Balaban J connectivity index is 1.24. The van der Waals surface area contributed by atoms with Gasteiger partial charge in [-0.1, -0.05) is 41.9 Å². The fraction of sp³-hybridized carbons (Fsp3) is 0.379. The van der Waals surface area contributed by atoms with Crippen molar-refractivity contribution in [3.63, 3.8) is 0 Å². The van der Waals surface area contributed by atoms with E-state index in [0.29, 0.717) is 36.8 Å². The van der Waals surface area contributed by atoms with Crippen LogP contribution in [0.25, 0.3) is 0 Å². The molecule has 2 fully saturated rings. The lowest BCUT2D eigenvalue weighted by atomic mass is 9.79. The summed E-state index contributed by atoms with van der Waals surface area (Å²) in [6.07, 6.45) is 1.25. The van der Waals surface area contributed by atoms with E-state index in [1.54, 1.807) is 29.2 Å². The number of hydrogen-bond acceptors (Lipinski definition) is 7. The van der Waals surface area contributed by atoms with Gasteiger partial charge in [0.2, 0.25) is 11.8 Å². The number of nitrogen functional groups attached to an aromatic ring is 1. The van der Waals surface area contributed by atoms with Gasteiger partial charge in [0, 0.05) is 43.0 Å². The molecule has 0 aliphatic carbocycles. The van der Waals surface area contributed by atoms with Crippen molar-refractivity contribution in [2.75, 3.05) is 31.9 Å². The predicted octanol–water partition coefficient (Wildman–Crippen LogP) is 3.41. The molecule has 2 saturated heterocycles. The van der Waals surface area contributed by atoms with Crippen LogP contribution >= 0.6 is 11.6 Å². The number of benzene rings is 2. The highest BCUT2D eigenvalue weighted by molar-refractivity contribution is 6.30. The van der Waals surface area contributed by atoms with Crippen molar-refractivity contribution in [1.29, 1.82) is 0 Å². The number of nitrogens with zero attached hydrogens (tertiary/aromatic N) is 4. The van der Waals surface area contributed by atoms with Crippen LogP contribution in [0, 0.1) is 5.92 Å². The van der Waals surface area contributed by atoms with Gasteiger partial charge in [-0.15, -0.1) is 0 Å². The van der Waals surface area contributed by atoms with Gasteiger partial charge in [-0.3, -0.25) is 14.2 Å². The lowest BCUT2D eigenvalue weighted by molar-refractivity contribution is -0.142. The van der Waals surface area contributed by atoms with Crippen molar-refractivity contribution in [2.24, 2.45) is 5.92 Å². The maximum atomic E-state index is 13.7. The summed E-state index contributed by atoms with van der Waals surface area (Å²) in [5.41, 5.74) is 5.00. The Bertz CT molecular complexity index is 1460. The maximum Gasteiger partial charge on any atom is 0.407 e. The number of rotatable bonds is 6. The monoisotopic (exact) mass is 581 g/mol. The van der Waals surface area contributed by atoms with E-state index in [-0.39, 0.29) is 55.2 Å². The summed E-state index contributed by atoms with van der Waals surface area (Å²) >= 11 is 5.89. The average Bonchev–Trinajstić information content (AvgIpc) is 2.98. The number of anilines is 1. The third kappa shape index (κ3) is 6.31. The van der Waals surface area contributed by atoms with Gasteiger partial charge in [0.1, 0.15) is 12.1 Å². The molecule has 0 saturated carbocycles. The van der Waals surface area contributed by atoms with Crippen molar-refractivity contribution >= 4 is 29.3 Å². The molecular formula is C29H32ClN5O6. The first kappa shape index (κ1) is 28.4. The molecule has 216 valence electrons. The zero-order valence-electron chi connectivity index (χ0n) is 22.4. The highest BCUT2D eigenvalue weighted by Gasteiger charge is 2.41. The fourth-order valence-electron chi connectivity index (χ4n) is 5.61. The SMILES string of the molecule is Nc1c(Oc2ccc(Cl)cc2)ncn(CC2(O)CCN(C(=O)[C@@H]3CCN(C(=O)O)C[C@H]3c3ccccc3)CC2)c1=O. The Labute approximate surface area is 241 Å². The van der Waals surface area contributed by atoms with Crippen molar-refractivity contribution in [3.8, 4) is 11.6 Å². The van der Waals surface area contributed by atoms with Gasteiger partial charge in [-0.05, 0) is 49.1 Å². The summed E-state index contributed by atoms with van der Waals surface area (Å²) in [6.45, 7) is 1.14. The number of ether oxygens (including phenoxy) is 1. The first-order valence-electron chi connectivity index (χ1n) is 13.5. The van der Waals surface area contributed by atoms with Gasteiger partial charge in [-0.25, -0.2) is 9.78 Å². The van der Waals surface area contributed by atoms with Crippen LogP contribution in [0.1, 0.15) is 30.7 Å². The van der Waals surface area contributed by atoms with Crippen molar-refractivity contribution < 1.29 is 24.5 Å². The zero-order chi connectivity index (χ0) is 29.1. The molecule has 0 radical (unpaired) electrons. The van der Waals surface area contributed by atoms with Crippen LogP contribution in [0.5, 0.6) is 11.6 Å². The molecule has 12 heteroatoms. The molecule has 2 aliphatic heterocycles. The molecule has 2 aromatic carbocycles. The Morgan fingerprint density at radius 1 is 1.05 bits per heavy atom. The minimum absolute atomic E-state index is 0.0318. The molecule has 1 aromatic heterocycles. The minimum Gasteiger partial charge on any atom is -0.465 e. The third-order valence-corrected chi connectivity index (χ3v) is 8.21. The summed E-state index contributed by atoms with van der Waals surface area (Å²) in [5, 5.41) is 21.4. The first-order chi connectivity index (χ1) is 19.6. The lowest BCUT2D eigenvalue weighted by Gasteiger charge is -2.42. The van der Waals surface area contributed by atoms with Crippen molar-refractivity contribution in [3.05, 3.63) is 81.9 Å². The number of amides is 2. The molecule has 2 amide bonds. The van der Waals surface area contributed by atoms with E-state index in [1.165, 1.54) is 15.8 Å². The van der Waals surface area contributed by atoms with Crippen LogP contribution in [0.15, 0.2) is 65.7 Å². The summed E-state index contributed by atoms with van der Waals surface area (Å²) < 4.78 is 6.88. The Hall–Kier alpha value is -4.09. The normalized spacial score (nSPS) is 20.4. The quantitative estimate of drug-likeness (QED) is 0.400. The van der Waals surface area contributed by atoms with E-state index in [0.717, 1.165) is 5.56 Å². The fourth-order valence-corrected chi connectivity index (χ4v) is 5.74. The van der Waals surface area contributed by atoms with Crippen molar-refractivity contribution in [2.45, 2.75) is 37.3 Å². The second-order valence-corrected chi connectivity index (χ2v) is 11.1. The molecule has 2 aliphatic rings. The molecule has 11 nitrogen and oxygen atoms in total. The summed E-state index contributed by atoms with van der Waals surface area (Å²) in [5.74, 6) is -0.278. The van der Waals surface area contributed by atoms with Gasteiger partial charge in [0.05, 0.1) is 12.1 Å². The van der Waals surface area contributed by atoms with Crippen LogP contribution < -0.4 is 16.0 Å². The number of carbonyl (C=O) groups excluding carboxylic acids is 1. The highest BCUT2D eigenvalue weighted by Crippen LogP contribution is 2.35. The molecule has 0 spiro atoms. The molecular weight excluding hydrogens is 550 g/mol. The molecule has 3 heterocycles. The second kappa shape index (κ2) is 11.8. The number of piperidine rings is 2. The largest absolute Gasteiger partial charge is 0.465 e. The van der Waals surface area contributed by atoms with Gasteiger partial charge in [-0.2, -0.15) is 0 Å². The number of nitrogens with two attached hydrogens (primary N) is 1. The highest BCUT2D eigenvalue weighted by atomic mass is 35.5. The Morgan fingerprint density at radius 2 is 1.73 bits per heavy atom. The molecule has 0 bridgehead atoms. The lowest BCUT2D eigenvalue weighted by Crippen LogP contribution is -2.53. The third-order valence-electron chi connectivity index (χ3n) is 7.96. The van der Waals surface area contributed by atoms with Crippen LogP contribution in [0.3, 0.4) is 0 Å². The number of likely N-dealkylation sites (tertiary alicyclic amines) is 2. The number of aromatic nitrogens is 2. The Morgan fingerprint density at radius 3 is 2.39 bits per heavy atom. The number of aliphatic hydroxyl groups is 1. The van der Waals surface area contributed by atoms with E-state index in [1.807, 2.05) is 30.3 Å². The maximum absolute atomic E-state index is 13.7. The van der Waals surface area contributed by atoms with E-state index in [2.05, 4.69) is 4.98 Å². The van der Waals surface area contributed by atoms with Gasteiger partial charge in [0.15, 0.2) is 5.69 Å². The van der Waals surface area contributed by atoms with Crippen molar-refractivity contribution in [1.82, 2.24) is 19.4 Å². The molecule has 2 atom stereocenters. The van der Waals surface area contributed by atoms with E-state index >= 15 is 0 Å². The summed E-state index contributed by atoms with van der Waals surface area (Å²) in [7, 11) is 0. The molecule has 41 heavy (non-hydrogen) atoms. The van der Waals surface area contributed by atoms with Crippen LogP contribution in [0.2, 0.25) is 5.02 Å². The predicted molar refractivity (Wildman–Crippen MR) is 152 cm³/mol. The molecule has 3 aromatic rings. The van der Waals surface area contributed by atoms with E-state index in [4.69, 9.17) is 22.1 Å². The summed E-state index contributed by atoms with van der Waals surface area (Å²) in [4.78, 5) is 45.5. The average molecular weight is 582 g/mol. The number of carbonyl (C=O) groups is 2. The standard InChI is InChI=1S/C29H32ClN5O6/c30-20-6-8-21(9-7-20)41-25-24(31)27(37)35(18-32-25)17-29(40)11-14-33(15-12-29)26(36)22-10-13-34(28(38)39)16-23(22)19-4-2-1-3-5-19/h1-9,18,22-23,40H,10-17,31H2,(H,38,39)/t22-,23+/m1/s1. The topological polar surface area (TPSA) is 151 Å². The van der Waals surface area contributed by atoms with Gasteiger partial charge < -0.3 is 30.5 Å². The van der Waals surface area contributed by atoms with Crippen LogP contribution in [-0.4, -0.2) is 73.3 Å². The van der Waals surface area contributed by atoms with Crippen LogP contribution in [-0.2, 0) is 11.3 Å². The smallest absolute Gasteiger partial charge is 0.407 e. The van der Waals surface area contributed by atoms with Gasteiger partial charge >= 0.3 is 6.09 Å². The summed E-state index contributed by atoms with van der Waals surface area (Å²) in [6, 6.07) is 16.0.